The lowest BCUT2D eigenvalue weighted by Crippen LogP contribution is -2.42. The van der Waals surface area contributed by atoms with E-state index in [1.807, 2.05) is 0 Å². The number of carboxylic acids is 1. The molecule has 13 nitrogen and oxygen atoms in total. The molecule has 2 rings (SSSR count). The van der Waals surface area contributed by atoms with Crippen LogP contribution in [0, 0.1) is 17.8 Å². The minimum absolute atomic E-state index is 0.0945. The number of carboxylic acid groups (broad SMARTS) is 1. The second-order valence-corrected chi connectivity index (χ2v) is 13.6. The van der Waals surface area contributed by atoms with Gasteiger partial charge in [0.25, 0.3) is 0 Å². The zero-order chi connectivity index (χ0) is 33.1. The minimum Gasteiger partial charge on any atom is -0.480 e. The minimum atomic E-state index is -1.74. The highest BCUT2D eigenvalue weighted by Crippen LogP contribution is 2.27. The average molecular weight is 643 g/mol. The van der Waals surface area contributed by atoms with E-state index in [0.717, 1.165) is 0 Å². The summed E-state index contributed by atoms with van der Waals surface area (Å²) in [5, 5.41) is 32.2. The number of hydrogen-bond donors (Lipinski definition) is 5. The Morgan fingerprint density at radius 3 is 2.45 bits per heavy atom. The third-order valence-corrected chi connectivity index (χ3v) is 9.86. The van der Waals surface area contributed by atoms with Crippen LogP contribution >= 0.6 is 0 Å². The fraction of sp³-hybridized carbons (Fsp3) is 0.700. The van der Waals surface area contributed by atoms with Crippen molar-refractivity contribution in [3.05, 3.63) is 23.8 Å². The largest absolute Gasteiger partial charge is 0.480 e. The van der Waals surface area contributed by atoms with Crippen molar-refractivity contribution in [3.63, 3.8) is 0 Å². The molecule has 14 heteroatoms. The fourth-order valence-corrected chi connectivity index (χ4v) is 7.00. The number of cyclic esters (lactones) is 1. The molecule has 1 saturated heterocycles. The monoisotopic (exact) mass is 642 g/mol. The van der Waals surface area contributed by atoms with Gasteiger partial charge in [-0.25, -0.2) is 0 Å². The molecule has 44 heavy (non-hydrogen) atoms. The first-order valence-electron chi connectivity index (χ1n) is 14.8. The molecule has 2 amide bonds. The molecule has 8 unspecified atom stereocenters. The molecular weight excluding hydrogens is 596 g/mol. The second kappa shape index (κ2) is 17.6. The van der Waals surface area contributed by atoms with Crippen molar-refractivity contribution in [2.75, 3.05) is 12.9 Å². The molecule has 0 aromatic rings. The first kappa shape index (κ1) is 37.4. The summed E-state index contributed by atoms with van der Waals surface area (Å²) >= 11 is 0. The van der Waals surface area contributed by atoms with Crippen molar-refractivity contribution in [1.29, 1.82) is 0 Å². The van der Waals surface area contributed by atoms with E-state index in [0.29, 0.717) is 12.0 Å². The normalized spacial score (nSPS) is 29.7. The molecular formula is C30H46N2O11S. The Labute approximate surface area is 260 Å². The Balaban J connectivity index is 2.22. The molecule has 9 atom stereocenters. The zero-order valence-corrected chi connectivity index (χ0v) is 26.5. The van der Waals surface area contributed by atoms with Gasteiger partial charge >= 0.3 is 11.9 Å². The molecule has 0 radical (unpaired) electrons. The summed E-state index contributed by atoms with van der Waals surface area (Å²) in [7, 11) is -0.318. The van der Waals surface area contributed by atoms with Crippen molar-refractivity contribution < 1.29 is 53.0 Å². The smallest absolute Gasteiger partial charge is 0.321 e. The average Bonchev–Trinajstić information content (AvgIpc) is 2.93. The number of hydrogen-bond acceptors (Lipinski definition) is 11. The number of aliphatic hydroxyl groups excluding tert-OH is 2. The topological polar surface area (TPSA) is 220 Å². The van der Waals surface area contributed by atoms with Crippen LogP contribution in [0.5, 0.6) is 0 Å². The van der Waals surface area contributed by atoms with E-state index in [-0.39, 0.29) is 56.0 Å². The van der Waals surface area contributed by atoms with E-state index in [1.165, 1.54) is 7.11 Å². The molecule has 1 fully saturated rings. The Kier molecular flexibility index (Phi) is 15.0. The number of carbonyl (C=O) groups is 5. The maximum Gasteiger partial charge on any atom is 0.321 e. The SMILES string of the molecule is COC1/C=C/CCC([S@@](=O)CC(N)C(=O)O)CC(=O)OC(/C(C)=C/C(C)C(=O)CC(O)CC2CC(=O)NC(=O)C2)C(C)C1O. The Morgan fingerprint density at radius 1 is 1.23 bits per heavy atom. The summed E-state index contributed by atoms with van der Waals surface area (Å²) in [5.74, 6) is -5.22. The summed E-state index contributed by atoms with van der Waals surface area (Å²) < 4.78 is 24.2. The third kappa shape index (κ3) is 11.6. The number of ether oxygens (including phenoxy) is 2. The number of aliphatic carboxylic acids is 1. The van der Waals surface area contributed by atoms with Crippen LogP contribution < -0.4 is 11.1 Å². The number of methoxy groups -OCH3 is 1. The van der Waals surface area contributed by atoms with E-state index < -0.39 is 82.1 Å². The van der Waals surface area contributed by atoms with Crippen molar-refractivity contribution >= 4 is 40.3 Å². The molecule has 0 aromatic carbocycles. The number of Topliss-reactive ketones (excluding diaryl/α,β-unsaturated/α-hetero) is 1. The van der Waals surface area contributed by atoms with Crippen LogP contribution in [0.3, 0.4) is 0 Å². The summed E-state index contributed by atoms with van der Waals surface area (Å²) in [6.07, 6.45) is 1.61. The van der Waals surface area contributed by atoms with Crippen LogP contribution in [0.1, 0.15) is 65.7 Å². The number of rotatable bonds is 12. The van der Waals surface area contributed by atoms with Gasteiger partial charge in [0.05, 0.1) is 18.6 Å². The lowest BCUT2D eigenvalue weighted by atomic mass is 9.86. The van der Waals surface area contributed by atoms with E-state index in [4.69, 9.17) is 20.3 Å². The van der Waals surface area contributed by atoms with Gasteiger partial charge in [0.1, 0.15) is 24.0 Å². The number of allylic oxidation sites excluding steroid dienone is 2. The summed E-state index contributed by atoms with van der Waals surface area (Å²) in [4.78, 5) is 60.6. The number of nitrogens with two attached hydrogens (primary N) is 1. The highest BCUT2D eigenvalue weighted by atomic mass is 32.2. The van der Waals surface area contributed by atoms with Crippen LogP contribution in [-0.2, 0) is 44.2 Å². The number of carbonyl (C=O) groups excluding carboxylic acids is 4. The molecule has 6 N–H and O–H groups in total. The van der Waals surface area contributed by atoms with Gasteiger partial charge in [0.2, 0.25) is 11.8 Å². The van der Waals surface area contributed by atoms with Gasteiger partial charge in [0.15, 0.2) is 0 Å². The molecule has 2 aliphatic rings. The first-order chi connectivity index (χ1) is 20.6. The number of imide groups is 1. The Bertz CT molecular complexity index is 1120. The van der Waals surface area contributed by atoms with Crippen molar-refractivity contribution in [2.45, 2.75) is 101 Å². The predicted octanol–water partition coefficient (Wildman–Crippen LogP) is 0.525. The fourth-order valence-electron chi connectivity index (χ4n) is 5.51. The summed E-state index contributed by atoms with van der Waals surface area (Å²) in [6, 6.07) is -1.35. The molecule has 248 valence electrons. The Hall–Kier alpha value is -2.78. The van der Waals surface area contributed by atoms with Gasteiger partial charge in [-0.1, -0.05) is 32.1 Å². The van der Waals surface area contributed by atoms with Gasteiger partial charge in [-0.15, -0.1) is 0 Å². The molecule has 2 aliphatic heterocycles. The van der Waals surface area contributed by atoms with E-state index in [2.05, 4.69) is 5.32 Å². The standard InChI is InChI=1S/C30H46N2O11S/c1-16(23(34)13-20(33)10-19-11-25(35)32-26(36)12-19)9-17(2)29-18(3)28(38)24(42-4)8-6-5-7-21(14-27(37)43-29)44(41)15-22(31)30(39)40/h6,8-9,16,18-22,24,28-29,33,38H,5,7,10-15,31H2,1-4H3,(H,39,40)(H,32,35,36)/b8-6+,17-9+/t16?,18?,20?,21?,22?,24?,28?,29?,44-/m0/s1. The maximum absolute atomic E-state index is 13.1. The van der Waals surface area contributed by atoms with Crippen LogP contribution in [0.15, 0.2) is 23.8 Å². The number of amides is 2. The predicted molar refractivity (Wildman–Crippen MR) is 160 cm³/mol. The third-order valence-electron chi connectivity index (χ3n) is 8.03. The van der Waals surface area contributed by atoms with E-state index in [1.54, 1.807) is 39.0 Å². The zero-order valence-electron chi connectivity index (χ0n) is 25.7. The summed E-state index contributed by atoms with van der Waals surface area (Å²) in [6.45, 7) is 4.95. The van der Waals surface area contributed by atoms with Gasteiger partial charge < -0.3 is 30.5 Å². The van der Waals surface area contributed by atoms with Crippen LogP contribution in [0.2, 0.25) is 0 Å². The van der Waals surface area contributed by atoms with Gasteiger partial charge in [-0.05, 0) is 37.7 Å². The number of esters is 1. The number of nitrogens with one attached hydrogen (secondary N) is 1. The molecule has 0 bridgehead atoms. The van der Waals surface area contributed by atoms with Crippen molar-refractivity contribution in [2.24, 2.45) is 23.5 Å². The number of piperidine rings is 1. The van der Waals surface area contributed by atoms with Crippen LogP contribution in [0.25, 0.3) is 0 Å². The van der Waals surface area contributed by atoms with Gasteiger partial charge in [0, 0.05) is 60.0 Å². The highest BCUT2D eigenvalue weighted by molar-refractivity contribution is 7.85. The second-order valence-electron chi connectivity index (χ2n) is 11.8. The summed E-state index contributed by atoms with van der Waals surface area (Å²) in [5.41, 5.74) is 6.04. The molecule has 2 heterocycles. The Morgan fingerprint density at radius 2 is 1.86 bits per heavy atom. The van der Waals surface area contributed by atoms with Crippen molar-refractivity contribution in [1.82, 2.24) is 5.32 Å². The molecule has 0 spiro atoms. The number of aliphatic hydroxyl groups is 2. The lowest BCUT2D eigenvalue weighted by Gasteiger charge is -2.32. The maximum atomic E-state index is 13.1. The van der Waals surface area contributed by atoms with Gasteiger partial charge in [-0.3, -0.25) is 33.5 Å². The van der Waals surface area contributed by atoms with Crippen molar-refractivity contribution in [3.8, 4) is 0 Å². The van der Waals surface area contributed by atoms with Crippen LogP contribution in [0.4, 0.5) is 0 Å². The number of ketones is 1. The molecule has 0 aromatic heterocycles. The quantitative estimate of drug-likeness (QED) is 0.112. The molecule has 0 aliphatic carbocycles. The lowest BCUT2D eigenvalue weighted by molar-refractivity contribution is -0.153. The highest BCUT2D eigenvalue weighted by Gasteiger charge is 2.35. The van der Waals surface area contributed by atoms with Crippen LogP contribution in [-0.4, -0.2) is 97.6 Å². The first-order valence-corrected chi connectivity index (χ1v) is 16.1. The molecule has 0 saturated carbocycles. The van der Waals surface area contributed by atoms with Gasteiger partial charge in [-0.2, -0.15) is 0 Å². The van der Waals surface area contributed by atoms with E-state index in [9.17, 15) is 38.4 Å². The van der Waals surface area contributed by atoms with E-state index >= 15 is 0 Å².